The summed E-state index contributed by atoms with van der Waals surface area (Å²) in [7, 11) is -4.18. The number of aryl methyl sites for hydroxylation is 1. The number of carbonyl (C=O) groups excluding carboxylic acids is 1. The van der Waals surface area contributed by atoms with Crippen molar-refractivity contribution in [2.75, 3.05) is 12.9 Å². The average molecular weight is 489 g/mol. The van der Waals surface area contributed by atoms with Gasteiger partial charge in [-0.05, 0) is 48.6 Å². The molecule has 1 atom stereocenters. The first-order chi connectivity index (χ1) is 15.2. The third-order valence-electron chi connectivity index (χ3n) is 5.07. The second kappa shape index (κ2) is 10.2. The van der Waals surface area contributed by atoms with E-state index in [0.717, 1.165) is 16.0 Å². The number of carbonyl (C=O) groups is 1. The maximum atomic E-state index is 13.4. The summed E-state index contributed by atoms with van der Waals surface area (Å²) in [5.41, 5.74) is 0.100. The van der Waals surface area contributed by atoms with Gasteiger partial charge < -0.3 is 5.11 Å². The van der Waals surface area contributed by atoms with E-state index in [0.29, 0.717) is 5.75 Å². The summed E-state index contributed by atoms with van der Waals surface area (Å²) in [5.74, 6) is -0.147. The molecule has 5 nitrogen and oxygen atoms in total. The van der Waals surface area contributed by atoms with E-state index < -0.39 is 28.1 Å². The van der Waals surface area contributed by atoms with Crippen LogP contribution in [0.15, 0.2) is 82.6 Å². The lowest BCUT2D eigenvalue weighted by Crippen LogP contribution is -2.41. The number of thiol groups is 1. The van der Waals surface area contributed by atoms with Crippen LogP contribution in [-0.2, 0) is 25.7 Å². The SMILES string of the molecule is CSc1ccc(C(O)(COS(=O)(=O)c2ccc(C)cc2)C(=O)c2ccc(CS)cc2)cc1. The van der Waals surface area contributed by atoms with Gasteiger partial charge in [-0.2, -0.15) is 21.0 Å². The van der Waals surface area contributed by atoms with E-state index >= 15 is 0 Å². The van der Waals surface area contributed by atoms with Crippen LogP contribution in [0.2, 0.25) is 0 Å². The Bertz CT molecular complexity index is 1170. The number of Topliss-reactive ketones (excluding diaryl/α,β-unsaturated/α-hetero) is 1. The summed E-state index contributed by atoms with van der Waals surface area (Å²) in [6.45, 7) is 1.08. The van der Waals surface area contributed by atoms with Crippen LogP contribution in [-0.4, -0.2) is 32.2 Å². The summed E-state index contributed by atoms with van der Waals surface area (Å²) >= 11 is 5.72. The Balaban J connectivity index is 1.97. The van der Waals surface area contributed by atoms with E-state index in [1.807, 2.05) is 13.2 Å². The Morgan fingerprint density at radius 2 is 1.59 bits per heavy atom. The number of aliphatic hydroxyl groups is 1. The van der Waals surface area contributed by atoms with Crippen molar-refractivity contribution in [2.45, 2.75) is 28.1 Å². The molecule has 32 heavy (non-hydrogen) atoms. The molecule has 0 aromatic heterocycles. The van der Waals surface area contributed by atoms with Crippen LogP contribution in [0.5, 0.6) is 0 Å². The first kappa shape index (κ1) is 24.5. The third-order valence-corrected chi connectivity index (χ3v) is 7.46. The molecule has 0 heterocycles. The highest BCUT2D eigenvalue weighted by Gasteiger charge is 2.40. The monoisotopic (exact) mass is 488 g/mol. The minimum atomic E-state index is -4.18. The summed E-state index contributed by atoms with van der Waals surface area (Å²) < 4.78 is 30.6. The molecule has 3 aromatic rings. The van der Waals surface area contributed by atoms with Crippen LogP contribution >= 0.6 is 24.4 Å². The average Bonchev–Trinajstić information content (AvgIpc) is 2.82. The molecular formula is C24H24O5S3. The molecule has 0 saturated heterocycles. The molecule has 0 radical (unpaired) electrons. The number of hydrogen-bond donors (Lipinski definition) is 2. The van der Waals surface area contributed by atoms with Crippen molar-refractivity contribution < 1.29 is 22.5 Å². The number of rotatable bonds is 9. The van der Waals surface area contributed by atoms with E-state index in [4.69, 9.17) is 4.18 Å². The lowest BCUT2D eigenvalue weighted by Gasteiger charge is -2.27. The maximum Gasteiger partial charge on any atom is 0.297 e. The fraction of sp³-hybridized carbons (Fsp3) is 0.208. The number of ketones is 1. The van der Waals surface area contributed by atoms with Crippen molar-refractivity contribution in [1.82, 2.24) is 0 Å². The third kappa shape index (κ3) is 5.44. The number of hydrogen-bond acceptors (Lipinski definition) is 7. The van der Waals surface area contributed by atoms with Gasteiger partial charge >= 0.3 is 0 Å². The predicted octanol–water partition coefficient (Wildman–Crippen LogP) is 4.62. The zero-order chi connectivity index (χ0) is 23.4. The number of thioether (sulfide) groups is 1. The van der Waals surface area contributed by atoms with Crippen molar-refractivity contribution >= 4 is 40.3 Å². The van der Waals surface area contributed by atoms with Gasteiger partial charge in [0.1, 0.15) is 6.61 Å². The molecule has 1 N–H and O–H groups in total. The van der Waals surface area contributed by atoms with Gasteiger partial charge in [-0.15, -0.1) is 11.8 Å². The van der Waals surface area contributed by atoms with Crippen LogP contribution in [0, 0.1) is 6.92 Å². The molecule has 0 aliphatic carbocycles. The first-order valence-corrected chi connectivity index (χ1v) is 13.0. The van der Waals surface area contributed by atoms with Crippen molar-refractivity contribution in [3.05, 3.63) is 95.1 Å². The van der Waals surface area contributed by atoms with Crippen molar-refractivity contribution in [1.29, 1.82) is 0 Å². The van der Waals surface area contributed by atoms with Crippen LogP contribution in [0.1, 0.15) is 27.0 Å². The molecule has 0 fully saturated rings. The maximum absolute atomic E-state index is 13.4. The largest absolute Gasteiger partial charge is 0.375 e. The van der Waals surface area contributed by atoms with E-state index in [-0.39, 0.29) is 16.0 Å². The molecule has 3 rings (SSSR count). The Morgan fingerprint density at radius 3 is 2.12 bits per heavy atom. The molecule has 0 amide bonds. The summed E-state index contributed by atoms with van der Waals surface area (Å²) in [4.78, 5) is 14.3. The Hall–Kier alpha value is -2.10. The summed E-state index contributed by atoms with van der Waals surface area (Å²) in [5, 5.41) is 11.5. The molecule has 0 spiro atoms. The Kier molecular flexibility index (Phi) is 7.84. The van der Waals surface area contributed by atoms with Crippen LogP contribution in [0.25, 0.3) is 0 Å². The molecule has 0 aliphatic rings. The van der Waals surface area contributed by atoms with Crippen LogP contribution in [0.4, 0.5) is 0 Å². The van der Waals surface area contributed by atoms with Gasteiger partial charge in [-0.3, -0.25) is 8.98 Å². The van der Waals surface area contributed by atoms with Gasteiger partial charge in [0, 0.05) is 16.2 Å². The van der Waals surface area contributed by atoms with Crippen molar-refractivity contribution in [3.63, 3.8) is 0 Å². The van der Waals surface area contributed by atoms with E-state index in [1.54, 1.807) is 60.7 Å². The predicted molar refractivity (Wildman–Crippen MR) is 130 cm³/mol. The second-order valence-electron chi connectivity index (χ2n) is 7.30. The minimum Gasteiger partial charge on any atom is -0.375 e. The smallest absolute Gasteiger partial charge is 0.297 e. The van der Waals surface area contributed by atoms with Gasteiger partial charge in [0.15, 0.2) is 5.60 Å². The fourth-order valence-corrected chi connectivity index (χ4v) is 4.63. The lowest BCUT2D eigenvalue weighted by molar-refractivity contribution is 0.00407. The van der Waals surface area contributed by atoms with E-state index in [2.05, 4.69) is 12.6 Å². The van der Waals surface area contributed by atoms with Gasteiger partial charge in [0.2, 0.25) is 5.78 Å². The zero-order valence-corrected chi connectivity index (χ0v) is 20.2. The quantitative estimate of drug-likeness (QED) is 0.198. The van der Waals surface area contributed by atoms with Crippen molar-refractivity contribution in [2.24, 2.45) is 0 Å². The van der Waals surface area contributed by atoms with E-state index in [1.165, 1.54) is 23.9 Å². The van der Waals surface area contributed by atoms with Crippen molar-refractivity contribution in [3.8, 4) is 0 Å². The molecule has 3 aromatic carbocycles. The topological polar surface area (TPSA) is 80.7 Å². The highest BCUT2D eigenvalue weighted by atomic mass is 32.2. The molecule has 0 bridgehead atoms. The molecular weight excluding hydrogens is 464 g/mol. The van der Waals surface area contributed by atoms with Gasteiger partial charge in [-0.1, -0.05) is 54.1 Å². The zero-order valence-electron chi connectivity index (χ0n) is 17.7. The molecule has 1 unspecified atom stereocenters. The second-order valence-corrected chi connectivity index (χ2v) is 10.1. The number of benzene rings is 3. The Labute approximate surface area is 198 Å². The van der Waals surface area contributed by atoms with Gasteiger partial charge in [-0.25, -0.2) is 0 Å². The van der Waals surface area contributed by atoms with Gasteiger partial charge in [0.25, 0.3) is 10.1 Å². The Morgan fingerprint density at radius 1 is 1.00 bits per heavy atom. The molecule has 0 aliphatic heterocycles. The van der Waals surface area contributed by atoms with Crippen LogP contribution < -0.4 is 0 Å². The van der Waals surface area contributed by atoms with Gasteiger partial charge in [0.05, 0.1) is 4.90 Å². The normalized spacial score (nSPS) is 13.5. The van der Waals surface area contributed by atoms with Crippen LogP contribution in [0.3, 0.4) is 0 Å². The molecule has 8 heteroatoms. The first-order valence-electron chi connectivity index (χ1n) is 9.77. The standard InChI is InChI=1S/C24H24O5S3/c1-17-3-13-22(14-4-17)32(27,28)29-16-24(26,20-9-11-21(31-2)12-10-20)23(25)19-7-5-18(15-30)6-8-19/h3-14,26,30H,15-16H2,1-2H3. The molecule has 0 saturated carbocycles. The van der Waals surface area contributed by atoms with E-state index in [9.17, 15) is 18.3 Å². The summed E-state index contributed by atoms with van der Waals surface area (Å²) in [6.07, 6.45) is 1.91. The fourth-order valence-electron chi connectivity index (χ4n) is 3.08. The highest BCUT2D eigenvalue weighted by Crippen LogP contribution is 2.30. The highest BCUT2D eigenvalue weighted by molar-refractivity contribution is 7.98. The lowest BCUT2D eigenvalue weighted by atomic mass is 9.86. The minimum absolute atomic E-state index is 0.0474. The molecule has 168 valence electrons. The summed E-state index contributed by atoms with van der Waals surface area (Å²) in [6, 6.07) is 19.5.